The Morgan fingerprint density at radius 3 is 2.72 bits per heavy atom. The second-order valence-electron chi connectivity index (χ2n) is 6.37. The first kappa shape index (κ1) is 22.6. The van der Waals surface area contributed by atoms with Gasteiger partial charge in [0, 0.05) is 30.3 Å². The molecule has 156 valence electrons. The first-order valence-corrected chi connectivity index (χ1v) is 9.58. The van der Waals surface area contributed by atoms with Crippen molar-refractivity contribution in [1.29, 1.82) is 0 Å². The monoisotopic (exact) mass is 420 g/mol. The van der Waals surface area contributed by atoms with Crippen molar-refractivity contribution in [3.05, 3.63) is 58.7 Å². The quantitative estimate of drug-likeness (QED) is 0.439. The number of carbonyl (C=O) groups excluding carboxylic acids is 2. The van der Waals surface area contributed by atoms with Gasteiger partial charge in [0.25, 0.3) is 0 Å². The molecule has 0 fully saturated rings. The number of carbonyl (C=O) groups is 2. The van der Waals surface area contributed by atoms with Gasteiger partial charge in [-0.25, -0.2) is 9.78 Å². The molecule has 0 radical (unpaired) electrons. The van der Waals surface area contributed by atoms with E-state index in [4.69, 9.17) is 21.4 Å². The number of hydrogen-bond acceptors (Lipinski definition) is 6. The highest BCUT2D eigenvalue weighted by molar-refractivity contribution is 6.31. The Kier molecular flexibility index (Phi) is 9.36. The molecule has 1 unspecified atom stereocenters. The highest BCUT2D eigenvalue weighted by Gasteiger charge is 2.08. The number of nitrogens with zero attached hydrogens (tertiary/aromatic N) is 1. The molecule has 0 saturated heterocycles. The molecule has 9 heteroatoms. The molecule has 4 N–H and O–H groups in total. The summed E-state index contributed by atoms with van der Waals surface area (Å²) in [5.74, 6) is 0.110. The van der Waals surface area contributed by atoms with Gasteiger partial charge in [0.05, 0.1) is 13.1 Å². The van der Waals surface area contributed by atoms with Crippen molar-refractivity contribution in [2.45, 2.75) is 19.4 Å². The summed E-state index contributed by atoms with van der Waals surface area (Å²) in [4.78, 5) is 27.6. The number of aliphatic hydroxyl groups excluding tert-OH is 1. The summed E-state index contributed by atoms with van der Waals surface area (Å²) in [7, 11) is 0. The van der Waals surface area contributed by atoms with Crippen molar-refractivity contribution in [1.82, 2.24) is 15.6 Å². The van der Waals surface area contributed by atoms with Gasteiger partial charge in [0.15, 0.2) is 0 Å². The molecule has 1 atom stereocenters. The molecule has 0 spiro atoms. The number of hydrogen-bond donors (Lipinski definition) is 4. The average Bonchev–Trinajstić information content (AvgIpc) is 2.72. The SMILES string of the molecule is CC(CO)c1ccc(NC(=O)OCCNC(=O)CNCc2ccccc2Cl)nc1. The number of halogens is 1. The van der Waals surface area contributed by atoms with E-state index in [1.54, 1.807) is 24.4 Å². The summed E-state index contributed by atoms with van der Waals surface area (Å²) in [5.41, 5.74) is 1.78. The lowest BCUT2D eigenvalue weighted by molar-refractivity contribution is -0.120. The molecule has 0 saturated carbocycles. The minimum atomic E-state index is -0.661. The number of amides is 2. The van der Waals surface area contributed by atoms with E-state index in [2.05, 4.69) is 20.9 Å². The van der Waals surface area contributed by atoms with Gasteiger partial charge in [0.1, 0.15) is 12.4 Å². The highest BCUT2D eigenvalue weighted by Crippen LogP contribution is 2.15. The largest absolute Gasteiger partial charge is 0.447 e. The molecule has 0 aliphatic rings. The number of rotatable bonds is 10. The molecule has 0 aliphatic heterocycles. The number of pyridine rings is 1. The van der Waals surface area contributed by atoms with E-state index in [-0.39, 0.29) is 38.1 Å². The fourth-order valence-electron chi connectivity index (χ4n) is 2.37. The third-order valence-corrected chi connectivity index (χ3v) is 4.44. The van der Waals surface area contributed by atoms with Crippen LogP contribution in [-0.4, -0.2) is 48.4 Å². The van der Waals surface area contributed by atoms with Gasteiger partial charge < -0.3 is 20.5 Å². The molecule has 0 bridgehead atoms. The third kappa shape index (κ3) is 8.06. The van der Waals surface area contributed by atoms with E-state index in [9.17, 15) is 9.59 Å². The summed E-state index contributed by atoms with van der Waals surface area (Å²) in [5, 5.41) is 17.9. The highest BCUT2D eigenvalue weighted by atomic mass is 35.5. The predicted molar refractivity (Wildman–Crippen MR) is 111 cm³/mol. The molecular weight excluding hydrogens is 396 g/mol. The van der Waals surface area contributed by atoms with Crippen LogP contribution in [0.5, 0.6) is 0 Å². The van der Waals surface area contributed by atoms with Crippen molar-refractivity contribution < 1.29 is 19.4 Å². The van der Waals surface area contributed by atoms with Crippen LogP contribution in [-0.2, 0) is 16.1 Å². The van der Waals surface area contributed by atoms with Crippen LogP contribution in [0, 0.1) is 0 Å². The van der Waals surface area contributed by atoms with E-state index in [0.29, 0.717) is 17.4 Å². The molecule has 2 amide bonds. The summed E-state index contributed by atoms with van der Waals surface area (Å²) < 4.78 is 5.00. The summed E-state index contributed by atoms with van der Waals surface area (Å²) in [6.45, 7) is 2.73. The van der Waals surface area contributed by atoms with Gasteiger partial charge in [-0.05, 0) is 23.3 Å². The lowest BCUT2D eigenvalue weighted by Crippen LogP contribution is -2.36. The first-order chi connectivity index (χ1) is 14.0. The van der Waals surface area contributed by atoms with Gasteiger partial charge in [0.2, 0.25) is 5.91 Å². The summed E-state index contributed by atoms with van der Waals surface area (Å²) >= 11 is 6.05. The number of nitrogens with one attached hydrogen (secondary N) is 3. The first-order valence-electron chi connectivity index (χ1n) is 9.21. The predicted octanol–water partition coefficient (Wildman–Crippen LogP) is 2.29. The summed E-state index contributed by atoms with van der Waals surface area (Å²) in [6.07, 6.45) is 0.929. The van der Waals surface area contributed by atoms with Crippen molar-refractivity contribution in [2.24, 2.45) is 0 Å². The Labute approximate surface area is 174 Å². The van der Waals surface area contributed by atoms with Crippen LogP contribution < -0.4 is 16.0 Å². The topological polar surface area (TPSA) is 113 Å². The zero-order chi connectivity index (χ0) is 21.1. The molecule has 2 rings (SSSR count). The smallest absolute Gasteiger partial charge is 0.412 e. The van der Waals surface area contributed by atoms with Crippen LogP contribution >= 0.6 is 11.6 Å². The zero-order valence-electron chi connectivity index (χ0n) is 16.2. The van der Waals surface area contributed by atoms with E-state index in [1.807, 2.05) is 25.1 Å². The Morgan fingerprint density at radius 1 is 1.24 bits per heavy atom. The van der Waals surface area contributed by atoms with Crippen molar-refractivity contribution in [2.75, 3.05) is 31.6 Å². The standard InChI is InChI=1S/C20H25ClN4O4/c1-14(13-26)15-6-7-18(24-11-15)25-20(28)29-9-8-23-19(27)12-22-10-16-4-2-3-5-17(16)21/h2-7,11,14,22,26H,8-10,12-13H2,1H3,(H,23,27)(H,24,25,28). The maximum absolute atomic E-state index is 11.8. The van der Waals surface area contributed by atoms with Gasteiger partial charge in [-0.15, -0.1) is 0 Å². The molecule has 8 nitrogen and oxygen atoms in total. The van der Waals surface area contributed by atoms with Crippen LogP contribution in [0.2, 0.25) is 5.02 Å². The summed E-state index contributed by atoms with van der Waals surface area (Å²) in [6, 6.07) is 10.8. The second-order valence-corrected chi connectivity index (χ2v) is 6.77. The lowest BCUT2D eigenvalue weighted by Gasteiger charge is -2.10. The van der Waals surface area contributed by atoms with Crippen molar-refractivity contribution >= 4 is 29.4 Å². The number of anilines is 1. The molecule has 1 aromatic carbocycles. The maximum Gasteiger partial charge on any atom is 0.412 e. The van der Waals surface area contributed by atoms with Gasteiger partial charge in [-0.2, -0.15) is 0 Å². The molecular formula is C20H25ClN4O4. The number of aromatic nitrogens is 1. The molecule has 1 heterocycles. The van der Waals surface area contributed by atoms with Gasteiger partial charge in [-0.1, -0.05) is 42.8 Å². The zero-order valence-corrected chi connectivity index (χ0v) is 16.9. The van der Waals surface area contributed by atoms with Crippen LogP contribution in [0.1, 0.15) is 24.0 Å². The van der Waals surface area contributed by atoms with Crippen LogP contribution in [0.15, 0.2) is 42.6 Å². The Hall–Kier alpha value is -2.68. The fraction of sp³-hybridized carbons (Fsp3) is 0.350. The van der Waals surface area contributed by atoms with Crippen molar-refractivity contribution in [3.8, 4) is 0 Å². The Morgan fingerprint density at radius 2 is 2.03 bits per heavy atom. The Bertz CT molecular complexity index is 801. The van der Waals surface area contributed by atoms with Crippen molar-refractivity contribution in [3.63, 3.8) is 0 Å². The minimum absolute atomic E-state index is 0.0220. The molecule has 2 aromatic rings. The molecule has 29 heavy (non-hydrogen) atoms. The molecule has 1 aromatic heterocycles. The normalized spacial score (nSPS) is 11.6. The van der Waals surface area contributed by atoms with E-state index >= 15 is 0 Å². The van der Waals surface area contributed by atoms with Gasteiger partial charge >= 0.3 is 6.09 Å². The maximum atomic E-state index is 11.8. The number of aliphatic hydroxyl groups is 1. The van der Waals surface area contributed by atoms with Crippen LogP contribution in [0.3, 0.4) is 0 Å². The third-order valence-electron chi connectivity index (χ3n) is 4.08. The number of ether oxygens (including phenoxy) is 1. The fourth-order valence-corrected chi connectivity index (χ4v) is 2.57. The van der Waals surface area contributed by atoms with Gasteiger partial charge in [-0.3, -0.25) is 10.1 Å². The molecule has 0 aliphatic carbocycles. The van der Waals surface area contributed by atoms with E-state index in [0.717, 1.165) is 11.1 Å². The lowest BCUT2D eigenvalue weighted by atomic mass is 10.1. The average molecular weight is 421 g/mol. The number of benzene rings is 1. The minimum Gasteiger partial charge on any atom is -0.447 e. The van der Waals surface area contributed by atoms with E-state index < -0.39 is 6.09 Å². The van der Waals surface area contributed by atoms with Crippen LogP contribution in [0.25, 0.3) is 0 Å². The van der Waals surface area contributed by atoms with Crippen LogP contribution in [0.4, 0.5) is 10.6 Å². The Balaban J connectivity index is 1.59. The second kappa shape index (κ2) is 12.0. The van der Waals surface area contributed by atoms with E-state index in [1.165, 1.54) is 0 Å².